The lowest BCUT2D eigenvalue weighted by Gasteiger charge is -2.33. The van der Waals surface area contributed by atoms with Crippen LogP contribution in [-0.2, 0) is 16.0 Å². The van der Waals surface area contributed by atoms with Crippen LogP contribution in [0.2, 0.25) is 0 Å². The van der Waals surface area contributed by atoms with Gasteiger partial charge in [0.1, 0.15) is 0 Å². The van der Waals surface area contributed by atoms with Crippen LogP contribution in [0.5, 0.6) is 0 Å². The number of aromatic amines is 1. The third-order valence-electron chi connectivity index (χ3n) is 7.34. The monoisotopic (exact) mass is 534 g/mol. The van der Waals surface area contributed by atoms with Gasteiger partial charge in [-0.15, -0.1) is 5.10 Å². The summed E-state index contributed by atoms with van der Waals surface area (Å²) in [5.41, 5.74) is 0.613. The molecule has 0 saturated carbocycles. The van der Waals surface area contributed by atoms with Crippen molar-refractivity contribution < 1.29 is 21.6 Å². The molecule has 0 bridgehead atoms. The van der Waals surface area contributed by atoms with E-state index >= 15 is 0 Å². The number of alkyl halides is 3. The Hall–Kier alpha value is -2.83. The quantitative estimate of drug-likeness (QED) is 0.495. The van der Waals surface area contributed by atoms with Gasteiger partial charge in [0, 0.05) is 24.4 Å². The number of benzene rings is 2. The first-order valence-corrected chi connectivity index (χ1v) is 14.2. The Bertz CT molecular complexity index is 1330. The van der Waals surface area contributed by atoms with Crippen molar-refractivity contribution in [1.29, 1.82) is 0 Å². The molecule has 198 valence electrons. The van der Waals surface area contributed by atoms with E-state index in [0.717, 1.165) is 51.3 Å². The molecule has 0 unspecified atom stereocenters. The summed E-state index contributed by atoms with van der Waals surface area (Å²) in [6.45, 7) is 4.25. The Morgan fingerprint density at radius 3 is 2.35 bits per heavy atom. The smallest absolute Gasteiger partial charge is 0.313 e. The lowest BCUT2D eigenvalue weighted by molar-refractivity contribution is -0.139. The summed E-state index contributed by atoms with van der Waals surface area (Å²) in [5.74, 6) is 0.258. The first-order valence-electron chi connectivity index (χ1n) is 12.4. The van der Waals surface area contributed by atoms with Crippen LogP contribution in [-0.4, -0.2) is 72.4 Å². The number of rotatable bonds is 6. The number of sulfone groups is 1. The fourth-order valence-corrected chi connectivity index (χ4v) is 6.70. The fraction of sp³-hybridized carbons (Fsp3) is 0.480. The summed E-state index contributed by atoms with van der Waals surface area (Å²) in [4.78, 5) is 1.67. The van der Waals surface area contributed by atoms with Gasteiger partial charge < -0.3 is 10.2 Å². The highest BCUT2D eigenvalue weighted by Gasteiger charge is 2.39. The number of nitrogens with zero attached hydrogens (tertiary/aromatic N) is 4. The van der Waals surface area contributed by atoms with Gasteiger partial charge in [0.15, 0.2) is 15.7 Å². The van der Waals surface area contributed by atoms with Crippen molar-refractivity contribution >= 4 is 9.84 Å². The average molecular weight is 535 g/mol. The minimum absolute atomic E-state index is 0.144. The molecule has 1 aromatic heterocycles. The van der Waals surface area contributed by atoms with Crippen molar-refractivity contribution in [3.8, 4) is 22.5 Å². The number of H-pyrrole nitrogens is 1. The molecule has 0 aliphatic carbocycles. The second-order valence-corrected chi connectivity index (χ2v) is 11.8. The molecule has 2 fully saturated rings. The van der Waals surface area contributed by atoms with Gasteiger partial charge in [-0.1, -0.05) is 30.3 Å². The van der Waals surface area contributed by atoms with E-state index in [1.54, 1.807) is 0 Å². The first-order chi connectivity index (χ1) is 17.6. The van der Waals surface area contributed by atoms with Gasteiger partial charge in [-0.2, -0.15) is 13.2 Å². The normalized spacial score (nSPS) is 19.9. The highest BCUT2D eigenvalue weighted by molar-refractivity contribution is 7.91. The third kappa shape index (κ3) is 5.55. The van der Waals surface area contributed by atoms with Crippen molar-refractivity contribution in [1.82, 2.24) is 30.8 Å². The van der Waals surface area contributed by atoms with Gasteiger partial charge in [-0.05, 0) is 84.4 Å². The first kappa shape index (κ1) is 25.8. The molecule has 2 aliphatic rings. The summed E-state index contributed by atoms with van der Waals surface area (Å²) in [6, 6.07) is 10.3. The molecule has 3 heterocycles. The van der Waals surface area contributed by atoms with Gasteiger partial charge in [0.2, 0.25) is 0 Å². The van der Waals surface area contributed by atoms with E-state index in [0.29, 0.717) is 23.1 Å². The molecule has 5 rings (SSSR count). The molecule has 3 aromatic rings. The van der Waals surface area contributed by atoms with Crippen LogP contribution >= 0.6 is 0 Å². The number of piperidine rings is 1. The molecule has 0 radical (unpaired) electrons. The van der Waals surface area contributed by atoms with Crippen molar-refractivity contribution in [2.75, 3.05) is 32.4 Å². The summed E-state index contributed by atoms with van der Waals surface area (Å²) in [7, 11) is -4.29. The van der Waals surface area contributed by atoms with Crippen LogP contribution in [0.3, 0.4) is 0 Å². The molecule has 1 atom stereocenters. The number of nitrogens with one attached hydrogen (secondary N) is 2. The number of likely N-dealkylation sites (tertiary alicyclic amines) is 1. The predicted octanol–water partition coefficient (Wildman–Crippen LogP) is 3.89. The maximum absolute atomic E-state index is 13.8. The minimum atomic E-state index is -4.87. The van der Waals surface area contributed by atoms with E-state index in [2.05, 4.69) is 30.8 Å². The number of hydrogen-bond acceptors (Lipinski definition) is 7. The third-order valence-corrected chi connectivity index (χ3v) is 8.50. The van der Waals surface area contributed by atoms with Crippen molar-refractivity contribution in [2.45, 2.75) is 48.7 Å². The van der Waals surface area contributed by atoms with Gasteiger partial charge in [0.05, 0.1) is 10.5 Å². The van der Waals surface area contributed by atoms with E-state index in [4.69, 9.17) is 0 Å². The lowest BCUT2D eigenvalue weighted by atomic mass is 9.87. The van der Waals surface area contributed by atoms with Gasteiger partial charge in [-0.3, -0.25) is 0 Å². The van der Waals surface area contributed by atoms with Gasteiger partial charge >= 0.3 is 6.18 Å². The summed E-state index contributed by atoms with van der Waals surface area (Å²) >= 11 is 0. The summed E-state index contributed by atoms with van der Waals surface area (Å²) in [5, 5.41) is 16.6. The van der Waals surface area contributed by atoms with E-state index < -0.39 is 26.5 Å². The molecule has 2 saturated heterocycles. The van der Waals surface area contributed by atoms with E-state index in [-0.39, 0.29) is 11.4 Å². The maximum Gasteiger partial charge on any atom is 0.417 e. The Morgan fingerprint density at radius 1 is 1.05 bits per heavy atom. The van der Waals surface area contributed by atoms with Crippen LogP contribution in [0, 0.1) is 0 Å². The molecule has 12 heteroatoms. The Kier molecular flexibility index (Phi) is 7.08. The number of aromatic nitrogens is 4. The topological polar surface area (TPSA) is 104 Å². The molecule has 37 heavy (non-hydrogen) atoms. The minimum Gasteiger partial charge on any atom is -0.313 e. The number of halogens is 3. The van der Waals surface area contributed by atoms with Crippen LogP contribution in [0.4, 0.5) is 13.2 Å². The largest absolute Gasteiger partial charge is 0.417 e. The molecule has 0 amide bonds. The number of tetrazole rings is 1. The second-order valence-electron chi connectivity index (χ2n) is 9.87. The zero-order valence-electron chi connectivity index (χ0n) is 20.4. The van der Waals surface area contributed by atoms with Crippen molar-refractivity contribution in [3.05, 3.63) is 47.5 Å². The Morgan fingerprint density at radius 2 is 1.78 bits per heavy atom. The average Bonchev–Trinajstić information content (AvgIpc) is 3.57. The van der Waals surface area contributed by atoms with Crippen molar-refractivity contribution in [2.24, 2.45) is 0 Å². The zero-order valence-corrected chi connectivity index (χ0v) is 21.2. The number of hydrogen-bond donors (Lipinski definition) is 2. The fourth-order valence-electron chi connectivity index (χ4n) is 5.54. The highest BCUT2D eigenvalue weighted by atomic mass is 32.2. The lowest BCUT2D eigenvalue weighted by Crippen LogP contribution is -2.41. The zero-order chi connectivity index (χ0) is 26.2. The van der Waals surface area contributed by atoms with Crippen LogP contribution in [0.1, 0.15) is 42.7 Å². The van der Waals surface area contributed by atoms with Gasteiger partial charge in [0.25, 0.3) is 0 Å². The molecule has 2 aliphatic heterocycles. The Labute approximate surface area is 213 Å². The SMILES string of the molecule is CS(=O)(=O)c1c(C(F)(F)F)ccc(-c2ccc(C3CCN(C[C@H]4CCCN4)CC3)cc2)c1-c1nnn[nH]1. The van der Waals surface area contributed by atoms with E-state index in [1.807, 2.05) is 24.3 Å². The van der Waals surface area contributed by atoms with Gasteiger partial charge in [-0.25, -0.2) is 13.5 Å². The van der Waals surface area contributed by atoms with Crippen LogP contribution in [0.25, 0.3) is 22.5 Å². The van der Waals surface area contributed by atoms with Crippen LogP contribution in [0.15, 0.2) is 41.3 Å². The van der Waals surface area contributed by atoms with Crippen LogP contribution < -0.4 is 5.32 Å². The van der Waals surface area contributed by atoms with Crippen molar-refractivity contribution in [3.63, 3.8) is 0 Å². The summed E-state index contributed by atoms with van der Waals surface area (Å²) < 4.78 is 66.6. The molecule has 8 nitrogen and oxygen atoms in total. The second kappa shape index (κ2) is 10.1. The predicted molar refractivity (Wildman–Crippen MR) is 133 cm³/mol. The van der Waals surface area contributed by atoms with E-state index in [1.165, 1.54) is 24.5 Å². The Balaban J connectivity index is 1.44. The molecule has 2 aromatic carbocycles. The molecular formula is C25H29F3N6O2S. The maximum atomic E-state index is 13.8. The molecular weight excluding hydrogens is 505 g/mol. The molecule has 2 N–H and O–H groups in total. The molecule has 0 spiro atoms. The standard InChI is InChI=1S/C25H29F3N6O2S/c1-37(35,36)23-21(25(26,27)28)9-8-20(22(23)24-30-32-33-31-24)18-6-4-16(5-7-18)17-10-13-34(14-11-17)15-19-3-2-12-29-19/h4-9,17,19,29H,2-3,10-15H2,1H3,(H,30,31,32,33)/t19-/m1/s1. The van der Waals surface area contributed by atoms with E-state index in [9.17, 15) is 21.6 Å². The summed E-state index contributed by atoms with van der Waals surface area (Å²) in [6.07, 6.45) is 0.447. The highest BCUT2D eigenvalue weighted by Crippen LogP contribution is 2.43.